The predicted octanol–water partition coefficient (Wildman–Crippen LogP) is 5.60. The van der Waals surface area contributed by atoms with E-state index in [1.165, 1.54) is 0 Å². The number of amides is 2. The molecular weight excluding hydrogens is 464 g/mol. The molecule has 180 valence electrons. The molecule has 0 aliphatic carbocycles. The number of carbonyl (C=O) groups excluding carboxylic acids is 2. The summed E-state index contributed by atoms with van der Waals surface area (Å²) in [5.74, 6) is 0.308. The number of hydrogen-bond donors (Lipinski definition) is 2. The van der Waals surface area contributed by atoms with Gasteiger partial charge in [-0.2, -0.15) is 5.10 Å². The van der Waals surface area contributed by atoms with Crippen LogP contribution in [0.2, 0.25) is 5.02 Å². The molecule has 0 atom stereocenters. The van der Waals surface area contributed by atoms with Crippen LogP contribution in [0.5, 0.6) is 5.75 Å². The van der Waals surface area contributed by atoms with Gasteiger partial charge in [0.2, 0.25) is 5.91 Å². The van der Waals surface area contributed by atoms with E-state index in [1.54, 1.807) is 36.2 Å². The number of nitrogens with zero attached hydrogens (tertiary/aromatic N) is 2. The quantitative estimate of drug-likeness (QED) is 0.368. The molecule has 0 aliphatic rings. The molecule has 0 saturated carbocycles. The number of carbonyl (C=O) groups is 2. The van der Waals surface area contributed by atoms with Gasteiger partial charge in [0.1, 0.15) is 5.75 Å². The van der Waals surface area contributed by atoms with E-state index < -0.39 is 5.41 Å². The van der Waals surface area contributed by atoms with Crippen LogP contribution in [0.1, 0.15) is 36.7 Å². The molecule has 2 amide bonds. The molecule has 0 saturated heterocycles. The fourth-order valence-corrected chi connectivity index (χ4v) is 3.80. The van der Waals surface area contributed by atoms with Crippen LogP contribution in [0.4, 0.5) is 5.69 Å². The van der Waals surface area contributed by atoms with Crippen LogP contribution >= 0.6 is 11.6 Å². The second-order valence-corrected chi connectivity index (χ2v) is 9.60. The van der Waals surface area contributed by atoms with Gasteiger partial charge in [-0.3, -0.25) is 9.59 Å². The average molecular weight is 491 g/mol. The summed E-state index contributed by atoms with van der Waals surface area (Å²) >= 11 is 6.35. The summed E-state index contributed by atoms with van der Waals surface area (Å²) < 4.78 is 7.11. The lowest BCUT2D eigenvalue weighted by Gasteiger charge is -2.18. The number of nitrogens with one attached hydrogen (secondary N) is 2. The largest absolute Gasteiger partial charge is 0.497 e. The van der Waals surface area contributed by atoms with Crippen molar-refractivity contribution in [2.45, 2.75) is 27.3 Å². The topological polar surface area (TPSA) is 85.2 Å². The third kappa shape index (κ3) is 5.30. The minimum atomic E-state index is -0.499. The fourth-order valence-electron chi connectivity index (χ4n) is 3.60. The maximum absolute atomic E-state index is 13.2. The minimum Gasteiger partial charge on any atom is -0.497 e. The summed E-state index contributed by atoms with van der Waals surface area (Å²) in [6.45, 7) is 5.84. The Morgan fingerprint density at radius 2 is 1.83 bits per heavy atom. The van der Waals surface area contributed by atoms with Crippen molar-refractivity contribution in [2.75, 3.05) is 12.4 Å². The van der Waals surface area contributed by atoms with Crippen LogP contribution in [0.15, 0.2) is 66.9 Å². The number of aromatic nitrogens is 2. The van der Waals surface area contributed by atoms with Crippen LogP contribution in [-0.4, -0.2) is 28.7 Å². The monoisotopic (exact) mass is 490 g/mol. The highest BCUT2D eigenvalue weighted by atomic mass is 35.5. The van der Waals surface area contributed by atoms with Crippen LogP contribution in [0.25, 0.3) is 16.6 Å². The summed E-state index contributed by atoms with van der Waals surface area (Å²) in [6, 6.07) is 18.3. The molecule has 7 nitrogen and oxygen atoms in total. The summed E-state index contributed by atoms with van der Waals surface area (Å²) in [7, 11) is 1.62. The molecule has 0 aliphatic heterocycles. The maximum Gasteiger partial charge on any atom is 0.257 e. The molecule has 1 heterocycles. The number of fused-ring (bicyclic) bond motifs is 1. The molecule has 3 aromatic carbocycles. The number of hydrogen-bond acceptors (Lipinski definition) is 4. The SMILES string of the molecule is COc1cccc(-n2ncc3c(NC(=O)c4cc(CNC(=O)C(C)(C)C)ccc4Cl)cccc32)c1. The van der Waals surface area contributed by atoms with E-state index in [2.05, 4.69) is 15.7 Å². The number of methoxy groups -OCH3 is 1. The first-order valence-corrected chi connectivity index (χ1v) is 11.5. The minimum absolute atomic E-state index is 0.0711. The molecule has 1 aromatic heterocycles. The predicted molar refractivity (Wildman–Crippen MR) is 138 cm³/mol. The smallest absolute Gasteiger partial charge is 0.257 e. The van der Waals surface area contributed by atoms with Gasteiger partial charge in [0.15, 0.2) is 0 Å². The van der Waals surface area contributed by atoms with Crippen molar-refractivity contribution in [3.8, 4) is 11.4 Å². The zero-order chi connectivity index (χ0) is 25.2. The molecule has 0 unspecified atom stereocenters. The highest BCUT2D eigenvalue weighted by Gasteiger charge is 2.21. The van der Waals surface area contributed by atoms with Crippen molar-refractivity contribution < 1.29 is 14.3 Å². The second kappa shape index (κ2) is 9.80. The van der Waals surface area contributed by atoms with Crippen LogP contribution in [0, 0.1) is 5.41 Å². The van der Waals surface area contributed by atoms with Crippen molar-refractivity contribution in [2.24, 2.45) is 5.41 Å². The van der Waals surface area contributed by atoms with E-state index in [9.17, 15) is 9.59 Å². The molecular formula is C27H27ClN4O3. The van der Waals surface area contributed by atoms with Gasteiger partial charge in [-0.25, -0.2) is 4.68 Å². The van der Waals surface area contributed by atoms with Gasteiger partial charge < -0.3 is 15.4 Å². The van der Waals surface area contributed by atoms with Crippen molar-refractivity contribution >= 4 is 40.0 Å². The van der Waals surface area contributed by atoms with E-state index >= 15 is 0 Å². The van der Waals surface area contributed by atoms with Crippen LogP contribution in [0.3, 0.4) is 0 Å². The molecule has 0 fully saturated rings. The Morgan fingerprint density at radius 1 is 1.06 bits per heavy atom. The van der Waals surface area contributed by atoms with Gasteiger partial charge in [-0.05, 0) is 42.0 Å². The number of anilines is 1. The summed E-state index contributed by atoms with van der Waals surface area (Å²) in [6.07, 6.45) is 1.71. The lowest BCUT2D eigenvalue weighted by molar-refractivity contribution is -0.128. The van der Waals surface area contributed by atoms with Crippen molar-refractivity contribution in [1.82, 2.24) is 15.1 Å². The third-order valence-corrected chi connectivity index (χ3v) is 5.90. The summed E-state index contributed by atoms with van der Waals surface area (Å²) in [4.78, 5) is 25.4. The maximum atomic E-state index is 13.2. The van der Waals surface area contributed by atoms with Crippen molar-refractivity contribution in [3.63, 3.8) is 0 Å². The Hall–Kier alpha value is -3.84. The van der Waals surface area contributed by atoms with E-state index in [4.69, 9.17) is 16.3 Å². The number of ether oxygens (including phenoxy) is 1. The standard InChI is InChI=1S/C27H27ClN4O3/c1-27(2,3)26(34)29-15-17-11-12-22(28)20(13-17)25(33)31-23-9-6-10-24-21(23)16-30-32(24)18-7-5-8-19(14-18)35-4/h5-14,16H,15H2,1-4H3,(H,29,34)(H,31,33). The Kier molecular flexibility index (Phi) is 6.80. The number of rotatable bonds is 6. The van der Waals surface area contributed by atoms with E-state index in [-0.39, 0.29) is 11.8 Å². The van der Waals surface area contributed by atoms with Gasteiger partial charge in [0.05, 0.1) is 40.8 Å². The molecule has 4 aromatic rings. The molecule has 0 bridgehead atoms. The molecule has 8 heteroatoms. The zero-order valence-electron chi connectivity index (χ0n) is 20.1. The lowest BCUT2D eigenvalue weighted by atomic mass is 9.95. The Labute approximate surface area is 209 Å². The Morgan fingerprint density at radius 3 is 2.57 bits per heavy atom. The van der Waals surface area contributed by atoms with Gasteiger partial charge in [0.25, 0.3) is 5.91 Å². The lowest BCUT2D eigenvalue weighted by Crippen LogP contribution is -2.34. The third-order valence-electron chi connectivity index (χ3n) is 5.57. The first kappa shape index (κ1) is 24.3. The molecule has 4 rings (SSSR count). The highest BCUT2D eigenvalue weighted by molar-refractivity contribution is 6.34. The molecule has 0 spiro atoms. The molecule has 2 N–H and O–H groups in total. The molecule has 35 heavy (non-hydrogen) atoms. The van der Waals surface area contributed by atoms with E-state index in [1.807, 2.05) is 63.2 Å². The number of halogens is 1. The van der Waals surface area contributed by atoms with Crippen LogP contribution in [-0.2, 0) is 11.3 Å². The first-order valence-electron chi connectivity index (χ1n) is 11.2. The highest BCUT2D eigenvalue weighted by Crippen LogP contribution is 2.28. The van der Waals surface area contributed by atoms with Crippen molar-refractivity contribution in [3.05, 3.63) is 83.0 Å². The van der Waals surface area contributed by atoms with Crippen molar-refractivity contribution in [1.29, 1.82) is 0 Å². The van der Waals surface area contributed by atoms with Gasteiger partial charge in [-0.1, -0.05) is 50.6 Å². The zero-order valence-corrected chi connectivity index (χ0v) is 20.8. The molecule has 0 radical (unpaired) electrons. The number of benzene rings is 3. The van der Waals surface area contributed by atoms with E-state index in [0.717, 1.165) is 27.9 Å². The Bertz CT molecular complexity index is 1410. The summed E-state index contributed by atoms with van der Waals surface area (Å²) in [5, 5.41) is 11.5. The van der Waals surface area contributed by atoms with E-state index in [0.29, 0.717) is 22.8 Å². The van der Waals surface area contributed by atoms with Gasteiger partial charge in [-0.15, -0.1) is 0 Å². The van der Waals surface area contributed by atoms with Gasteiger partial charge in [0, 0.05) is 23.4 Å². The second-order valence-electron chi connectivity index (χ2n) is 9.20. The fraction of sp³-hybridized carbons (Fsp3) is 0.222. The first-order chi connectivity index (χ1) is 16.7. The normalized spacial score (nSPS) is 11.3. The Balaban J connectivity index is 1.58. The summed E-state index contributed by atoms with van der Waals surface area (Å²) in [5.41, 5.74) is 2.90. The van der Waals surface area contributed by atoms with Crippen LogP contribution < -0.4 is 15.4 Å². The van der Waals surface area contributed by atoms with Gasteiger partial charge >= 0.3 is 0 Å². The average Bonchev–Trinajstić information content (AvgIpc) is 3.28.